The Bertz CT molecular complexity index is 1110. The summed E-state index contributed by atoms with van der Waals surface area (Å²) in [6.07, 6.45) is 1.41. The molecule has 1 aliphatic heterocycles. The number of nitrogens with two attached hydrogens (primary N) is 1. The third kappa shape index (κ3) is 8.04. The summed E-state index contributed by atoms with van der Waals surface area (Å²) in [5, 5.41) is 7.67. The van der Waals surface area contributed by atoms with Crippen LogP contribution in [0.5, 0.6) is 0 Å². The zero-order valence-corrected chi connectivity index (χ0v) is 20.7. The van der Waals surface area contributed by atoms with Gasteiger partial charge in [-0.15, -0.1) is 0 Å². The number of nitrogens with zero attached hydrogens (tertiary/aromatic N) is 2. The molecule has 1 aliphatic rings. The number of rotatable bonds is 12. The predicted octanol–water partition coefficient (Wildman–Crippen LogP) is 0.745. The number of hydrogen-bond donors (Lipinski definition) is 7. The number of phosphoric ester groups is 1. The number of hydrogen-bond acceptors (Lipinski definition) is 11. The summed E-state index contributed by atoms with van der Waals surface area (Å²) in [6, 6.07) is 0. The molecule has 8 N–H and O–H groups in total. The highest BCUT2D eigenvalue weighted by Crippen LogP contribution is 2.66. The molecule has 1 aromatic heterocycles. The van der Waals surface area contributed by atoms with Crippen LogP contribution >= 0.6 is 23.5 Å². The van der Waals surface area contributed by atoms with Crippen LogP contribution in [0.1, 0.15) is 31.7 Å². The molecule has 4 atom stereocenters. The van der Waals surface area contributed by atoms with E-state index >= 15 is 0 Å². The van der Waals surface area contributed by atoms with E-state index in [0.29, 0.717) is 12.8 Å². The average Bonchev–Trinajstić information content (AvgIpc) is 3.08. The Morgan fingerprint density at radius 3 is 2.50 bits per heavy atom. The van der Waals surface area contributed by atoms with Crippen LogP contribution in [0.2, 0.25) is 0 Å². The minimum absolute atomic E-state index is 0.0806. The Balaban J connectivity index is 2.06. The molecule has 1 aromatic rings. The molecule has 0 spiro atoms. The van der Waals surface area contributed by atoms with Crippen LogP contribution in [-0.2, 0) is 31.6 Å². The number of phosphoric acid groups is 3. The highest BCUT2D eigenvalue weighted by molar-refractivity contribution is 7.66. The summed E-state index contributed by atoms with van der Waals surface area (Å²) in [7, 11) is -16.4. The lowest BCUT2D eigenvalue weighted by atomic mass is 9.98. The Morgan fingerprint density at radius 2 is 1.94 bits per heavy atom. The van der Waals surface area contributed by atoms with Crippen LogP contribution in [-0.4, -0.2) is 60.7 Å². The van der Waals surface area contributed by atoms with Crippen molar-refractivity contribution >= 4 is 41.6 Å². The molecule has 0 aromatic carbocycles. The van der Waals surface area contributed by atoms with Gasteiger partial charge in [0.1, 0.15) is 5.82 Å². The number of nitrogens with one attached hydrogen (secondary N) is 2. The molecule has 3 unspecified atom stereocenters. The molecular formula is C14H26N5O12P3. The van der Waals surface area contributed by atoms with E-state index in [1.165, 1.54) is 11.8 Å². The summed E-state index contributed by atoms with van der Waals surface area (Å²) < 4.78 is 52.3. The highest BCUT2D eigenvalue weighted by Gasteiger charge is 2.45. The first-order chi connectivity index (χ1) is 15.5. The zero-order valence-electron chi connectivity index (χ0n) is 18.1. The van der Waals surface area contributed by atoms with Gasteiger partial charge in [0, 0.05) is 0 Å². The molecule has 17 nitrogen and oxygen atoms in total. The lowest BCUT2D eigenvalue weighted by molar-refractivity contribution is -0.0702. The van der Waals surface area contributed by atoms with Crippen molar-refractivity contribution in [1.29, 1.82) is 5.41 Å². The molecule has 0 amide bonds. The number of H-pyrrole nitrogens is 1. The van der Waals surface area contributed by atoms with Crippen LogP contribution in [0.15, 0.2) is 4.79 Å². The number of anilines is 2. The Morgan fingerprint density at radius 1 is 1.29 bits per heavy atom. The van der Waals surface area contributed by atoms with E-state index in [9.17, 15) is 28.3 Å². The molecular weight excluding hydrogens is 523 g/mol. The minimum atomic E-state index is -5.63. The van der Waals surface area contributed by atoms with E-state index in [4.69, 9.17) is 30.2 Å². The van der Waals surface area contributed by atoms with Gasteiger partial charge in [0.15, 0.2) is 0 Å². The second kappa shape index (κ2) is 10.6. The average molecular weight is 549 g/mol. The predicted molar refractivity (Wildman–Crippen MR) is 117 cm³/mol. The highest BCUT2D eigenvalue weighted by atomic mass is 31.3. The van der Waals surface area contributed by atoms with Crippen molar-refractivity contribution in [2.24, 2.45) is 0 Å². The summed E-state index contributed by atoms with van der Waals surface area (Å²) in [5.41, 5.74) is 4.21. The van der Waals surface area contributed by atoms with Crippen molar-refractivity contribution in [3.8, 4) is 0 Å². The van der Waals surface area contributed by atoms with E-state index < -0.39 is 47.3 Å². The summed E-state index contributed by atoms with van der Waals surface area (Å²) >= 11 is 0. The molecule has 0 bridgehead atoms. The van der Waals surface area contributed by atoms with Crippen molar-refractivity contribution in [1.82, 2.24) is 9.97 Å². The second-order valence-electron chi connectivity index (χ2n) is 7.36. The van der Waals surface area contributed by atoms with Crippen LogP contribution in [0, 0.1) is 12.3 Å². The van der Waals surface area contributed by atoms with Crippen LogP contribution in [0.3, 0.4) is 0 Å². The van der Waals surface area contributed by atoms with Gasteiger partial charge in [0.2, 0.25) is 5.95 Å². The zero-order chi connectivity index (χ0) is 25.9. The van der Waals surface area contributed by atoms with E-state index in [0.717, 1.165) is 6.34 Å². The molecule has 194 valence electrons. The smallest absolute Gasteiger partial charge is 0.369 e. The third-order valence-electron chi connectivity index (χ3n) is 4.86. The quantitative estimate of drug-likeness (QED) is 0.108. The lowest BCUT2D eigenvalue weighted by Gasteiger charge is -2.30. The van der Waals surface area contributed by atoms with Crippen LogP contribution < -0.4 is 16.2 Å². The molecule has 0 aliphatic carbocycles. The fourth-order valence-electron chi connectivity index (χ4n) is 3.23. The number of aromatic amines is 1. The van der Waals surface area contributed by atoms with E-state index in [1.807, 2.05) is 0 Å². The number of aromatic nitrogens is 2. The molecule has 20 heteroatoms. The molecule has 0 radical (unpaired) electrons. The SMILES string of the molecule is CC[C@@]1(COP(=O)(O)OP(=O)(O)OP(=O)(O)O)CCC(CN(C=N)c2nc(N)[nH]c(=O)c2C)O1. The van der Waals surface area contributed by atoms with Crippen molar-refractivity contribution in [2.45, 2.75) is 44.8 Å². The minimum Gasteiger partial charge on any atom is -0.369 e. The van der Waals surface area contributed by atoms with Crippen molar-refractivity contribution in [2.75, 3.05) is 23.8 Å². The fraction of sp³-hybridized carbons (Fsp3) is 0.643. The summed E-state index contributed by atoms with van der Waals surface area (Å²) in [4.78, 5) is 55.8. The summed E-state index contributed by atoms with van der Waals surface area (Å²) in [5.74, 6) is 0.0193. The van der Waals surface area contributed by atoms with E-state index in [1.54, 1.807) is 6.92 Å². The largest absolute Gasteiger partial charge is 0.490 e. The fourth-order valence-corrected chi connectivity index (χ4v) is 6.32. The van der Waals surface area contributed by atoms with Gasteiger partial charge in [-0.2, -0.15) is 13.6 Å². The van der Waals surface area contributed by atoms with Gasteiger partial charge in [-0.05, 0) is 26.2 Å². The normalized spacial score (nSPS) is 24.4. The number of nitrogen functional groups attached to an aromatic ring is 1. The summed E-state index contributed by atoms with van der Waals surface area (Å²) in [6.45, 7) is 2.70. The van der Waals surface area contributed by atoms with Gasteiger partial charge in [0.05, 0.1) is 36.8 Å². The molecule has 1 fully saturated rings. The van der Waals surface area contributed by atoms with Crippen molar-refractivity contribution in [3.05, 3.63) is 15.9 Å². The first-order valence-corrected chi connectivity index (χ1v) is 14.1. The Kier molecular flexibility index (Phi) is 9.00. The van der Waals surface area contributed by atoms with Gasteiger partial charge in [-0.25, -0.2) is 13.7 Å². The Labute approximate surface area is 193 Å². The maximum atomic E-state index is 12.0. The molecule has 1 saturated heterocycles. The lowest BCUT2D eigenvalue weighted by Crippen LogP contribution is -2.38. The van der Waals surface area contributed by atoms with Crippen molar-refractivity contribution < 1.29 is 51.2 Å². The maximum absolute atomic E-state index is 12.0. The van der Waals surface area contributed by atoms with E-state index in [2.05, 4.69) is 18.6 Å². The van der Waals surface area contributed by atoms with Crippen LogP contribution in [0.25, 0.3) is 0 Å². The van der Waals surface area contributed by atoms with Crippen molar-refractivity contribution in [3.63, 3.8) is 0 Å². The Hall–Kier alpha value is -1.48. The monoisotopic (exact) mass is 549 g/mol. The standard InChI is InChI=1S/C14H26N5O12P3/c1-3-14(7-28-33(24,25)31-34(26,27)30-32(21,22)23)5-4-10(29-14)6-19(8-15)11-9(2)12(20)18-13(16)17-11/h8,10,15H,3-7H2,1-2H3,(H,24,25)(H,26,27)(H2,21,22,23)(H3,16,17,18,20)/t10?,14-/m0/s1. The van der Waals surface area contributed by atoms with Gasteiger partial charge < -0.3 is 34.9 Å². The second-order valence-corrected chi connectivity index (χ2v) is 11.8. The third-order valence-corrected chi connectivity index (χ3v) is 8.64. The van der Waals surface area contributed by atoms with Gasteiger partial charge in [0.25, 0.3) is 5.56 Å². The first kappa shape index (κ1) is 28.8. The van der Waals surface area contributed by atoms with E-state index in [-0.39, 0.29) is 30.3 Å². The number of ether oxygens (including phenoxy) is 1. The van der Waals surface area contributed by atoms with Gasteiger partial charge in [-0.1, -0.05) is 6.92 Å². The topological polar surface area (TPSA) is 268 Å². The molecule has 2 rings (SSSR count). The van der Waals surface area contributed by atoms with Crippen LogP contribution in [0.4, 0.5) is 11.8 Å². The molecule has 2 heterocycles. The molecule has 34 heavy (non-hydrogen) atoms. The maximum Gasteiger partial charge on any atom is 0.490 e. The van der Waals surface area contributed by atoms with Gasteiger partial charge >= 0.3 is 23.5 Å². The van der Waals surface area contributed by atoms with Gasteiger partial charge in [-0.3, -0.25) is 19.7 Å². The first-order valence-electron chi connectivity index (χ1n) is 9.60. The molecule has 0 saturated carbocycles.